The Morgan fingerprint density at radius 1 is 1.20 bits per heavy atom. The minimum Gasteiger partial charge on any atom is -0.369 e. The van der Waals surface area contributed by atoms with Gasteiger partial charge in [0, 0.05) is 53.9 Å². The first-order chi connectivity index (χ1) is 14.0. The number of aryl methyl sites for hydroxylation is 2. The molecule has 0 spiro atoms. The molecule has 1 aromatic carbocycles. The van der Waals surface area contributed by atoms with Crippen LogP contribution >= 0.6 is 46.9 Å². The average molecular weight is 563 g/mol. The Balaban J connectivity index is 0.00000320. The summed E-state index contributed by atoms with van der Waals surface area (Å²) in [5.74, 6) is 0.780. The van der Waals surface area contributed by atoms with Crippen molar-refractivity contribution in [2.45, 2.75) is 33.9 Å². The molecule has 0 radical (unpaired) electrons. The second-order valence-electron chi connectivity index (χ2n) is 7.33. The van der Waals surface area contributed by atoms with Crippen LogP contribution in [0, 0.1) is 13.8 Å². The van der Waals surface area contributed by atoms with E-state index in [1.165, 1.54) is 10.6 Å². The Labute approximate surface area is 206 Å². The van der Waals surface area contributed by atoms with Crippen molar-refractivity contribution in [3.05, 3.63) is 44.4 Å². The fourth-order valence-electron chi connectivity index (χ4n) is 3.32. The van der Waals surface area contributed by atoms with Gasteiger partial charge in [0.05, 0.1) is 18.8 Å². The Bertz CT molecular complexity index is 829. The number of halogens is 2. The molecule has 2 aromatic rings. The standard InChI is InChI=1S/C21H31ClN6S.HI/c1-5-23-21(25-14-20-26-15(2)16(3)29-20)24-13-17-18(22)7-6-8-19(17)28-11-9-27(4)10-12-28;/h6-8H,5,9-14H2,1-4H3,(H2,23,24,25);1H. The van der Waals surface area contributed by atoms with Crippen LogP contribution in [0.25, 0.3) is 0 Å². The number of piperazine rings is 1. The summed E-state index contributed by atoms with van der Waals surface area (Å²) in [7, 11) is 2.17. The molecule has 3 rings (SSSR count). The van der Waals surface area contributed by atoms with E-state index in [4.69, 9.17) is 16.6 Å². The number of nitrogens with one attached hydrogen (secondary N) is 2. The second-order valence-corrected chi connectivity index (χ2v) is 9.02. The molecule has 1 saturated heterocycles. The van der Waals surface area contributed by atoms with Crippen molar-refractivity contribution >= 4 is 58.6 Å². The number of hydrogen-bond acceptors (Lipinski definition) is 5. The number of thiazole rings is 1. The lowest BCUT2D eigenvalue weighted by Crippen LogP contribution is -2.44. The van der Waals surface area contributed by atoms with Crippen molar-refractivity contribution in [1.82, 2.24) is 20.5 Å². The van der Waals surface area contributed by atoms with E-state index in [1.807, 2.05) is 19.1 Å². The minimum atomic E-state index is 0. The molecule has 1 fully saturated rings. The molecule has 0 atom stereocenters. The van der Waals surface area contributed by atoms with Gasteiger partial charge in [-0.05, 0) is 40.0 Å². The summed E-state index contributed by atoms with van der Waals surface area (Å²) < 4.78 is 0. The van der Waals surface area contributed by atoms with Crippen LogP contribution in [0.2, 0.25) is 5.02 Å². The highest BCUT2D eigenvalue weighted by Gasteiger charge is 2.18. The summed E-state index contributed by atoms with van der Waals surface area (Å²) in [5, 5.41) is 8.56. The fourth-order valence-corrected chi connectivity index (χ4v) is 4.42. The number of anilines is 1. The van der Waals surface area contributed by atoms with Gasteiger partial charge in [0.25, 0.3) is 0 Å². The van der Waals surface area contributed by atoms with Crippen LogP contribution in [0.3, 0.4) is 0 Å². The fraction of sp³-hybridized carbons (Fsp3) is 0.524. The first-order valence-electron chi connectivity index (χ1n) is 10.1. The van der Waals surface area contributed by atoms with Gasteiger partial charge in [-0.15, -0.1) is 35.3 Å². The SMILES string of the molecule is CCNC(=NCc1c(Cl)cccc1N1CCN(C)CC1)NCc1nc(C)c(C)s1.I. The van der Waals surface area contributed by atoms with Gasteiger partial charge in [0.15, 0.2) is 5.96 Å². The molecule has 0 saturated carbocycles. The van der Waals surface area contributed by atoms with Gasteiger partial charge in [-0.3, -0.25) is 0 Å². The molecule has 6 nitrogen and oxygen atoms in total. The van der Waals surface area contributed by atoms with Crippen LogP contribution in [0.5, 0.6) is 0 Å². The number of rotatable bonds is 6. The molecule has 0 aliphatic carbocycles. The smallest absolute Gasteiger partial charge is 0.191 e. The number of aliphatic imine (C=N–C) groups is 1. The maximum atomic E-state index is 6.58. The maximum Gasteiger partial charge on any atom is 0.191 e. The van der Waals surface area contributed by atoms with Crippen LogP contribution in [0.4, 0.5) is 5.69 Å². The van der Waals surface area contributed by atoms with Crippen LogP contribution in [-0.2, 0) is 13.1 Å². The first-order valence-corrected chi connectivity index (χ1v) is 11.3. The van der Waals surface area contributed by atoms with E-state index in [0.717, 1.165) is 60.0 Å². The maximum absolute atomic E-state index is 6.58. The van der Waals surface area contributed by atoms with E-state index >= 15 is 0 Å². The van der Waals surface area contributed by atoms with E-state index < -0.39 is 0 Å². The summed E-state index contributed by atoms with van der Waals surface area (Å²) in [6, 6.07) is 6.14. The molecule has 9 heteroatoms. The second kappa shape index (κ2) is 12.1. The Morgan fingerprint density at radius 2 is 1.93 bits per heavy atom. The first kappa shape index (κ1) is 25.2. The van der Waals surface area contributed by atoms with E-state index in [1.54, 1.807) is 11.3 Å². The van der Waals surface area contributed by atoms with Gasteiger partial charge in [-0.2, -0.15) is 0 Å². The van der Waals surface area contributed by atoms with E-state index in [2.05, 4.69) is 52.4 Å². The van der Waals surface area contributed by atoms with E-state index in [0.29, 0.717) is 13.1 Å². The molecule has 1 aliphatic heterocycles. The number of aromatic nitrogens is 1. The number of guanidine groups is 1. The molecule has 30 heavy (non-hydrogen) atoms. The summed E-state index contributed by atoms with van der Waals surface area (Å²) in [4.78, 5) is 15.4. The largest absolute Gasteiger partial charge is 0.369 e. The highest BCUT2D eigenvalue weighted by molar-refractivity contribution is 14.0. The van der Waals surface area contributed by atoms with Crippen molar-refractivity contribution in [3.63, 3.8) is 0 Å². The average Bonchev–Trinajstić information content (AvgIpc) is 3.03. The molecular formula is C21H32ClIN6S. The van der Waals surface area contributed by atoms with Gasteiger partial charge in [0.2, 0.25) is 0 Å². The molecule has 0 amide bonds. The van der Waals surface area contributed by atoms with Crippen LogP contribution in [-0.4, -0.2) is 55.6 Å². The summed E-state index contributed by atoms with van der Waals surface area (Å²) in [6.07, 6.45) is 0. The highest BCUT2D eigenvalue weighted by Crippen LogP contribution is 2.29. The third-order valence-corrected chi connectivity index (χ3v) is 6.58. The number of nitrogens with zero attached hydrogens (tertiary/aromatic N) is 4. The summed E-state index contributed by atoms with van der Waals surface area (Å²) >= 11 is 8.30. The molecule has 2 heterocycles. The van der Waals surface area contributed by atoms with E-state index in [-0.39, 0.29) is 24.0 Å². The van der Waals surface area contributed by atoms with Crippen molar-refractivity contribution in [2.75, 3.05) is 44.7 Å². The molecule has 166 valence electrons. The topological polar surface area (TPSA) is 55.8 Å². The lowest BCUT2D eigenvalue weighted by atomic mass is 10.1. The Kier molecular flexibility index (Phi) is 10.1. The molecule has 2 N–H and O–H groups in total. The lowest BCUT2D eigenvalue weighted by molar-refractivity contribution is 0.312. The number of likely N-dealkylation sites (N-methyl/N-ethyl adjacent to an activating group) is 1. The zero-order valence-electron chi connectivity index (χ0n) is 18.2. The molecule has 0 bridgehead atoms. The normalized spacial score (nSPS) is 15.1. The third kappa shape index (κ3) is 6.70. The zero-order chi connectivity index (χ0) is 20.8. The van der Waals surface area contributed by atoms with Gasteiger partial charge in [-0.25, -0.2) is 9.98 Å². The Morgan fingerprint density at radius 3 is 2.57 bits per heavy atom. The molecule has 1 aromatic heterocycles. The van der Waals surface area contributed by atoms with Crippen molar-refractivity contribution in [1.29, 1.82) is 0 Å². The molecular weight excluding hydrogens is 531 g/mol. The summed E-state index contributed by atoms with van der Waals surface area (Å²) in [6.45, 7) is 12.4. The zero-order valence-corrected chi connectivity index (χ0v) is 22.1. The number of benzene rings is 1. The third-order valence-electron chi connectivity index (χ3n) is 5.16. The van der Waals surface area contributed by atoms with Crippen molar-refractivity contribution < 1.29 is 0 Å². The van der Waals surface area contributed by atoms with Gasteiger partial charge in [-0.1, -0.05) is 17.7 Å². The lowest BCUT2D eigenvalue weighted by Gasteiger charge is -2.35. The van der Waals surface area contributed by atoms with Crippen molar-refractivity contribution in [3.8, 4) is 0 Å². The predicted molar refractivity (Wildman–Crippen MR) is 140 cm³/mol. The van der Waals surface area contributed by atoms with Gasteiger partial charge < -0.3 is 20.4 Å². The van der Waals surface area contributed by atoms with Gasteiger partial charge in [0.1, 0.15) is 5.01 Å². The summed E-state index contributed by atoms with van der Waals surface area (Å²) in [5.41, 5.74) is 3.37. The molecule has 1 aliphatic rings. The Hall–Kier alpha value is -1.10. The van der Waals surface area contributed by atoms with Gasteiger partial charge >= 0.3 is 0 Å². The minimum absolute atomic E-state index is 0. The molecule has 0 unspecified atom stereocenters. The monoisotopic (exact) mass is 562 g/mol. The quantitative estimate of drug-likeness (QED) is 0.316. The predicted octanol–water partition coefficient (Wildman–Crippen LogP) is 4.04. The van der Waals surface area contributed by atoms with Crippen LogP contribution in [0.15, 0.2) is 23.2 Å². The van der Waals surface area contributed by atoms with Crippen molar-refractivity contribution in [2.24, 2.45) is 4.99 Å². The van der Waals surface area contributed by atoms with E-state index in [9.17, 15) is 0 Å². The van der Waals surface area contributed by atoms with Crippen LogP contribution < -0.4 is 15.5 Å². The number of hydrogen-bond donors (Lipinski definition) is 2. The highest BCUT2D eigenvalue weighted by atomic mass is 127. The van der Waals surface area contributed by atoms with Crippen LogP contribution in [0.1, 0.15) is 28.1 Å².